The van der Waals surface area contributed by atoms with Crippen LogP contribution < -0.4 is 15.8 Å². The number of carbonyl (C=O) groups excluding carboxylic acids is 1. The Morgan fingerprint density at radius 3 is 2.74 bits per heavy atom. The van der Waals surface area contributed by atoms with Crippen LogP contribution in [-0.2, 0) is 0 Å². The minimum atomic E-state index is -0.213. The normalized spacial score (nSPS) is 17.4. The first kappa shape index (κ1) is 16.3. The molecule has 1 aliphatic rings. The highest BCUT2D eigenvalue weighted by molar-refractivity contribution is 7.12. The molecule has 0 radical (unpaired) electrons. The molecule has 19 heavy (non-hydrogen) atoms. The Bertz CT molecular complexity index is 417. The van der Waals surface area contributed by atoms with Gasteiger partial charge in [-0.2, -0.15) is 0 Å². The van der Waals surface area contributed by atoms with Gasteiger partial charge in [-0.3, -0.25) is 4.79 Å². The molecule has 1 heterocycles. The largest absolute Gasteiger partial charge is 0.496 e. The van der Waals surface area contributed by atoms with E-state index in [4.69, 9.17) is 10.5 Å². The van der Waals surface area contributed by atoms with Crippen molar-refractivity contribution in [3.63, 3.8) is 0 Å². The molecule has 0 spiro atoms. The van der Waals surface area contributed by atoms with Gasteiger partial charge < -0.3 is 15.8 Å². The molecule has 1 amide bonds. The SMILES string of the molecule is COc1csc(C(=O)NCC2(N)CCCCC2)c1.Cl. The van der Waals surface area contributed by atoms with Crippen molar-refractivity contribution in [2.75, 3.05) is 13.7 Å². The number of ether oxygens (including phenoxy) is 1. The highest BCUT2D eigenvalue weighted by Gasteiger charge is 2.27. The molecule has 0 saturated heterocycles. The lowest BCUT2D eigenvalue weighted by molar-refractivity contribution is 0.0941. The molecule has 2 rings (SSSR count). The van der Waals surface area contributed by atoms with Gasteiger partial charge in [0.25, 0.3) is 5.91 Å². The maximum absolute atomic E-state index is 11.9. The van der Waals surface area contributed by atoms with Gasteiger partial charge in [-0.05, 0) is 12.8 Å². The third-order valence-corrected chi connectivity index (χ3v) is 4.39. The van der Waals surface area contributed by atoms with Crippen molar-refractivity contribution in [3.8, 4) is 5.75 Å². The molecular formula is C13H21ClN2O2S. The van der Waals surface area contributed by atoms with Crippen molar-refractivity contribution in [3.05, 3.63) is 16.3 Å². The molecule has 0 aliphatic heterocycles. The second kappa shape index (κ2) is 7.12. The van der Waals surface area contributed by atoms with E-state index in [2.05, 4.69) is 5.32 Å². The zero-order chi connectivity index (χ0) is 13.0. The van der Waals surface area contributed by atoms with E-state index in [1.807, 2.05) is 5.38 Å². The van der Waals surface area contributed by atoms with Crippen LogP contribution in [0.4, 0.5) is 0 Å². The lowest BCUT2D eigenvalue weighted by Gasteiger charge is -2.33. The third kappa shape index (κ3) is 4.37. The number of methoxy groups -OCH3 is 1. The lowest BCUT2D eigenvalue weighted by Crippen LogP contribution is -2.51. The summed E-state index contributed by atoms with van der Waals surface area (Å²) in [5.41, 5.74) is 6.07. The first-order valence-electron chi connectivity index (χ1n) is 6.33. The Morgan fingerprint density at radius 2 is 2.16 bits per heavy atom. The number of thiophene rings is 1. The summed E-state index contributed by atoms with van der Waals surface area (Å²) in [7, 11) is 1.60. The fraction of sp³-hybridized carbons (Fsp3) is 0.615. The van der Waals surface area contributed by atoms with Gasteiger partial charge in [0.1, 0.15) is 5.75 Å². The van der Waals surface area contributed by atoms with E-state index in [1.165, 1.54) is 30.6 Å². The molecule has 4 nitrogen and oxygen atoms in total. The van der Waals surface area contributed by atoms with Gasteiger partial charge in [0.2, 0.25) is 0 Å². The van der Waals surface area contributed by atoms with Crippen LogP contribution in [0.2, 0.25) is 0 Å². The summed E-state index contributed by atoms with van der Waals surface area (Å²) in [6.45, 7) is 0.562. The van der Waals surface area contributed by atoms with Gasteiger partial charge in [-0.1, -0.05) is 19.3 Å². The Balaban J connectivity index is 0.00000180. The van der Waals surface area contributed by atoms with Gasteiger partial charge >= 0.3 is 0 Å². The van der Waals surface area contributed by atoms with Crippen molar-refractivity contribution in [2.24, 2.45) is 5.73 Å². The molecule has 6 heteroatoms. The summed E-state index contributed by atoms with van der Waals surface area (Å²) in [6, 6.07) is 1.75. The van der Waals surface area contributed by atoms with E-state index in [1.54, 1.807) is 13.2 Å². The van der Waals surface area contributed by atoms with Crippen molar-refractivity contribution in [2.45, 2.75) is 37.6 Å². The summed E-state index contributed by atoms with van der Waals surface area (Å²) in [5.74, 6) is 0.670. The van der Waals surface area contributed by atoms with Crippen LogP contribution in [0.25, 0.3) is 0 Å². The zero-order valence-corrected chi connectivity index (χ0v) is 12.7. The smallest absolute Gasteiger partial charge is 0.261 e. The average Bonchev–Trinajstić information content (AvgIpc) is 2.86. The number of nitrogens with one attached hydrogen (secondary N) is 1. The van der Waals surface area contributed by atoms with E-state index >= 15 is 0 Å². The van der Waals surface area contributed by atoms with Gasteiger partial charge in [0.05, 0.1) is 12.0 Å². The van der Waals surface area contributed by atoms with E-state index in [-0.39, 0.29) is 23.9 Å². The van der Waals surface area contributed by atoms with Gasteiger partial charge in [-0.15, -0.1) is 23.7 Å². The molecule has 0 atom stereocenters. The van der Waals surface area contributed by atoms with Crippen molar-refractivity contribution in [1.82, 2.24) is 5.32 Å². The van der Waals surface area contributed by atoms with Crippen molar-refractivity contribution in [1.29, 1.82) is 0 Å². The molecular weight excluding hydrogens is 284 g/mol. The van der Waals surface area contributed by atoms with Gasteiger partial charge in [0, 0.05) is 23.5 Å². The molecule has 1 aromatic rings. The number of rotatable bonds is 4. The molecule has 1 saturated carbocycles. The molecule has 0 unspecified atom stereocenters. The monoisotopic (exact) mass is 304 g/mol. The predicted molar refractivity (Wildman–Crippen MR) is 80.5 cm³/mol. The van der Waals surface area contributed by atoms with E-state index in [0.717, 1.165) is 18.6 Å². The van der Waals surface area contributed by atoms with Crippen LogP contribution in [0.1, 0.15) is 41.8 Å². The molecule has 1 aliphatic carbocycles. The minimum Gasteiger partial charge on any atom is -0.496 e. The topological polar surface area (TPSA) is 64.3 Å². The van der Waals surface area contributed by atoms with E-state index < -0.39 is 0 Å². The van der Waals surface area contributed by atoms with Crippen LogP contribution in [0.3, 0.4) is 0 Å². The summed E-state index contributed by atoms with van der Waals surface area (Å²) >= 11 is 1.39. The fourth-order valence-electron chi connectivity index (χ4n) is 2.32. The summed E-state index contributed by atoms with van der Waals surface area (Å²) in [6.07, 6.45) is 5.59. The highest BCUT2D eigenvalue weighted by Crippen LogP contribution is 2.25. The molecule has 108 valence electrons. The number of nitrogens with two attached hydrogens (primary N) is 1. The maximum Gasteiger partial charge on any atom is 0.261 e. The van der Waals surface area contributed by atoms with Crippen LogP contribution in [0, 0.1) is 0 Å². The average molecular weight is 305 g/mol. The fourth-order valence-corrected chi connectivity index (χ4v) is 3.09. The Kier molecular flexibility index (Phi) is 6.10. The quantitative estimate of drug-likeness (QED) is 0.898. The summed E-state index contributed by atoms with van der Waals surface area (Å²) in [5, 5.41) is 4.76. The maximum atomic E-state index is 11.9. The predicted octanol–water partition coefficient (Wildman–Crippen LogP) is 2.57. The third-order valence-electron chi connectivity index (χ3n) is 3.49. The summed E-state index contributed by atoms with van der Waals surface area (Å²) in [4.78, 5) is 12.6. The van der Waals surface area contributed by atoms with Crippen LogP contribution >= 0.6 is 23.7 Å². The highest BCUT2D eigenvalue weighted by atomic mass is 35.5. The molecule has 1 fully saturated rings. The second-order valence-electron chi connectivity index (χ2n) is 4.96. The van der Waals surface area contributed by atoms with E-state index in [0.29, 0.717) is 11.4 Å². The number of halogens is 1. The first-order valence-corrected chi connectivity index (χ1v) is 7.20. The van der Waals surface area contributed by atoms with Crippen LogP contribution in [0.5, 0.6) is 5.75 Å². The Labute approximate surface area is 124 Å². The molecule has 1 aromatic heterocycles. The van der Waals surface area contributed by atoms with Crippen molar-refractivity contribution < 1.29 is 9.53 Å². The zero-order valence-electron chi connectivity index (χ0n) is 11.1. The van der Waals surface area contributed by atoms with E-state index in [9.17, 15) is 4.79 Å². The minimum absolute atomic E-state index is 0. The van der Waals surface area contributed by atoms with Crippen molar-refractivity contribution >= 4 is 29.7 Å². The molecule has 0 aromatic carbocycles. The van der Waals surface area contributed by atoms with Crippen LogP contribution in [0.15, 0.2) is 11.4 Å². The summed E-state index contributed by atoms with van der Waals surface area (Å²) < 4.78 is 5.07. The first-order chi connectivity index (χ1) is 8.63. The number of amides is 1. The molecule has 3 N–H and O–H groups in total. The Morgan fingerprint density at radius 1 is 1.47 bits per heavy atom. The standard InChI is InChI=1S/C13H20N2O2S.ClH/c1-17-10-7-11(18-8-10)12(16)15-9-13(14)5-3-2-4-6-13;/h7-8H,2-6,9,14H2,1H3,(H,15,16);1H. The second-order valence-corrected chi connectivity index (χ2v) is 5.87. The van der Waals surface area contributed by atoms with Crippen LogP contribution in [-0.4, -0.2) is 25.1 Å². The molecule has 0 bridgehead atoms. The Hall–Kier alpha value is -0.780. The van der Waals surface area contributed by atoms with Gasteiger partial charge in [0.15, 0.2) is 0 Å². The number of hydrogen-bond acceptors (Lipinski definition) is 4. The number of hydrogen-bond donors (Lipinski definition) is 2. The lowest BCUT2D eigenvalue weighted by atomic mass is 9.82. The van der Waals surface area contributed by atoms with Gasteiger partial charge in [-0.25, -0.2) is 0 Å². The number of carbonyl (C=O) groups is 1.